The van der Waals surface area contributed by atoms with E-state index in [0.717, 1.165) is 12.8 Å². The Morgan fingerprint density at radius 2 is 1.58 bits per heavy atom. The zero-order valence-corrected chi connectivity index (χ0v) is 28.8. The van der Waals surface area contributed by atoms with E-state index in [9.17, 15) is 0 Å². The highest BCUT2D eigenvalue weighted by molar-refractivity contribution is 5.93. The maximum atomic E-state index is 2.59. The van der Waals surface area contributed by atoms with Crippen LogP contribution in [-0.2, 0) is 10.8 Å². The molecule has 0 aliphatic heterocycles. The first-order valence-corrected chi connectivity index (χ1v) is 17.0. The second-order valence-corrected chi connectivity index (χ2v) is 15.5. The molecule has 0 N–H and O–H groups in total. The van der Waals surface area contributed by atoms with Crippen molar-refractivity contribution in [2.75, 3.05) is 11.9 Å². The van der Waals surface area contributed by atoms with E-state index < -0.39 is 0 Å². The molecule has 3 aromatic carbocycles. The van der Waals surface area contributed by atoms with Crippen LogP contribution in [0.4, 0.5) is 5.69 Å². The third-order valence-corrected chi connectivity index (χ3v) is 11.5. The lowest BCUT2D eigenvalue weighted by Crippen LogP contribution is -2.19. The van der Waals surface area contributed by atoms with Crippen molar-refractivity contribution in [3.05, 3.63) is 141 Å². The maximum absolute atomic E-state index is 2.59. The number of likely N-dealkylation sites (N-methyl/N-ethyl adjacent to an activating group) is 1. The minimum atomic E-state index is 0.0428. The van der Waals surface area contributed by atoms with E-state index in [4.69, 9.17) is 0 Å². The molecule has 0 amide bonds. The lowest BCUT2D eigenvalue weighted by molar-refractivity contribution is 0.479. The molecule has 0 saturated heterocycles. The van der Waals surface area contributed by atoms with Crippen LogP contribution in [0.2, 0.25) is 0 Å². The fourth-order valence-corrected chi connectivity index (χ4v) is 8.93. The summed E-state index contributed by atoms with van der Waals surface area (Å²) in [6, 6.07) is 26.9. The molecule has 7 rings (SSSR count). The van der Waals surface area contributed by atoms with Crippen LogP contribution < -0.4 is 4.90 Å². The normalized spacial score (nSPS) is 23.7. The number of benzene rings is 3. The quantitative estimate of drug-likeness (QED) is 0.285. The van der Waals surface area contributed by atoms with E-state index in [1.807, 2.05) is 0 Å². The average molecular weight is 592 g/mol. The first-order valence-electron chi connectivity index (χ1n) is 17.0. The summed E-state index contributed by atoms with van der Waals surface area (Å²) < 4.78 is 0. The molecule has 3 atom stereocenters. The number of rotatable bonds is 5. The smallest absolute Gasteiger partial charge is 0.0490 e. The molecule has 1 heteroatoms. The van der Waals surface area contributed by atoms with Gasteiger partial charge in [-0.3, -0.25) is 0 Å². The minimum Gasteiger partial charge on any atom is -0.344 e. The molecule has 0 radical (unpaired) electrons. The molecule has 3 aromatic rings. The second-order valence-electron chi connectivity index (χ2n) is 15.5. The Morgan fingerprint density at radius 1 is 0.867 bits per heavy atom. The van der Waals surface area contributed by atoms with Crippen molar-refractivity contribution in [3.63, 3.8) is 0 Å². The molecule has 4 aliphatic rings. The van der Waals surface area contributed by atoms with Crippen LogP contribution in [0, 0.1) is 17.8 Å². The summed E-state index contributed by atoms with van der Waals surface area (Å²) in [5, 5.41) is 0. The van der Waals surface area contributed by atoms with Gasteiger partial charge in [0, 0.05) is 29.4 Å². The van der Waals surface area contributed by atoms with Gasteiger partial charge in [-0.2, -0.15) is 0 Å². The summed E-state index contributed by atoms with van der Waals surface area (Å²) in [5.74, 6) is 1.49. The molecule has 3 unspecified atom stereocenters. The van der Waals surface area contributed by atoms with Crippen molar-refractivity contribution in [3.8, 4) is 11.1 Å². The summed E-state index contributed by atoms with van der Waals surface area (Å²) in [7, 11) is 2.26. The molecule has 0 bridgehead atoms. The topological polar surface area (TPSA) is 3.24 Å². The van der Waals surface area contributed by atoms with Crippen LogP contribution in [0.25, 0.3) is 16.7 Å². The molecular weight excluding hydrogens is 542 g/mol. The summed E-state index contributed by atoms with van der Waals surface area (Å²) in [6.45, 7) is 19.1. The van der Waals surface area contributed by atoms with Crippen LogP contribution >= 0.6 is 0 Å². The maximum Gasteiger partial charge on any atom is 0.0490 e. The first kappa shape index (κ1) is 29.8. The standard InChI is InChI=1S/C44H49N/c1-27-24-31(45(9)40-21-15-20-38(43(4,5)6)42(40)30-16-11-10-12-17-30)25-35(27)32-22-23-33(28(32)2)36-26-39-41(29(36)3)34-18-13-14-19-37(34)44(39,7)8/h10-21,23-25,27-28,32H,22,26H2,1-9H3. The van der Waals surface area contributed by atoms with Gasteiger partial charge in [-0.25, -0.2) is 0 Å². The van der Waals surface area contributed by atoms with Crippen molar-refractivity contribution in [1.82, 2.24) is 0 Å². The molecule has 0 saturated carbocycles. The van der Waals surface area contributed by atoms with Crippen molar-refractivity contribution in [2.45, 2.75) is 79.1 Å². The lowest BCUT2D eigenvalue weighted by atomic mass is 9.77. The van der Waals surface area contributed by atoms with Gasteiger partial charge in [0.05, 0.1) is 0 Å². The van der Waals surface area contributed by atoms with Crippen LogP contribution in [0.15, 0.2) is 125 Å². The zero-order valence-electron chi connectivity index (χ0n) is 28.8. The summed E-state index contributed by atoms with van der Waals surface area (Å²) >= 11 is 0. The Hall–Kier alpha value is -3.84. The largest absolute Gasteiger partial charge is 0.344 e. The van der Waals surface area contributed by atoms with E-state index in [1.165, 1.54) is 50.3 Å². The van der Waals surface area contributed by atoms with E-state index in [-0.39, 0.29) is 10.8 Å². The van der Waals surface area contributed by atoms with Crippen LogP contribution in [0.3, 0.4) is 0 Å². The van der Waals surface area contributed by atoms with Crippen LogP contribution in [-0.4, -0.2) is 7.05 Å². The molecule has 0 spiro atoms. The minimum absolute atomic E-state index is 0.0428. The molecule has 0 heterocycles. The van der Waals surface area contributed by atoms with Crippen molar-refractivity contribution in [2.24, 2.45) is 17.8 Å². The molecule has 45 heavy (non-hydrogen) atoms. The van der Waals surface area contributed by atoms with E-state index in [0.29, 0.717) is 17.8 Å². The number of allylic oxidation sites excluding steroid dienone is 9. The zero-order chi connectivity index (χ0) is 31.8. The number of hydrogen-bond acceptors (Lipinski definition) is 1. The molecule has 1 nitrogen and oxygen atoms in total. The van der Waals surface area contributed by atoms with Gasteiger partial charge in [0.2, 0.25) is 0 Å². The predicted molar refractivity (Wildman–Crippen MR) is 193 cm³/mol. The molecule has 0 fully saturated rings. The SMILES string of the molecule is CC1=C(C2=CCC(C3=CC(N(C)c4cccc(C(C)(C)C)c4-c4ccccc4)=CC3C)C2C)CC2=C1c1ccccc1C2(C)C. The first-order chi connectivity index (χ1) is 21.4. The van der Waals surface area contributed by atoms with Gasteiger partial charge in [-0.15, -0.1) is 0 Å². The van der Waals surface area contributed by atoms with Crippen molar-refractivity contribution in [1.29, 1.82) is 0 Å². The Kier molecular flexibility index (Phi) is 7.04. The third kappa shape index (κ3) is 4.65. The predicted octanol–water partition coefficient (Wildman–Crippen LogP) is 11.6. The van der Waals surface area contributed by atoms with Gasteiger partial charge in [-0.05, 0) is 105 Å². The lowest BCUT2D eigenvalue weighted by Gasteiger charge is -2.29. The highest BCUT2D eigenvalue weighted by atomic mass is 15.1. The summed E-state index contributed by atoms with van der Waals surface area (Å²) in [5.41, 5.74) is 19.2. The van der Waals surface area contributed by atoms with Gasteiger partial charge in [0.15, 0.2) is 0 Å². The second kappa shape index (κ2) is 10.6. The monoisotopic (exact) mass is 591 g/mol. The fourth-order valence-electron chi connectivity index (χ4n) is 8.93. The van der Waals surface area contributed by atoms with E-state index in [1.54, 1.807) is 22.3 Å². The van der Waals surface area contributed by atoms with Crippen molar-refractivity contribution < 1.29 is 0 Å². The third-order valence-electron chi connectivity index (χ3n) is 11.5. The molecular formula is C44H49N. The summed E-state index contributed by atoms with van der Waals surface area (Å²) in [4.78, 5) is 2.44. The number of fused-ring (bicyclic) bond motifs is 2. The average Bonchev–Trinajstić information content (AvgIpc) is 3.74. The highest BCUT2D eigenvalue weighted by Crippen LogP contribution is 2.58. The van der Waals surface area contributed by atoms with Crippen LogP contribution in [0.1, 0.15) is 84.9 Å². The number of nitrogens with zero attached hydrogens (tertiary/aromatic N) is 1. The number of anilines is 1. The van der Waals surface area contributed by atoms with Gasteiger partial charge in [-0.1, -0.05) is 133 Å². The summed E-state index contributed by atoms with van der Waals surface area (Å²) in [6.07, 6.45) is 9.83. The van der Waals surface area contributed by atoms with Crippen LogP contribution in [0.5, 0.6) is 0 Å². The van der Waals surface area contributed by atoms with E-state index >= 15 is 0 Å². The van der Waals surface area contributed by atoms with Gasteiger partial charge in [0.25, 0.3) is 0 Å². The Bertz CT molecular complexity index is 1850. The fraction of sp³-hybridized carbons (Fsp3) is 0.364. The Balaban J connectivity index is 1.17. The van der Waals surface area contributed by atoms with E-state index in [2.05, 4.69) is 158 Å². The van der Waals surface area contributed by atoms with Gasteiger partial charge < -0.3 is 4.90 Å². The Labute approximate surface area is 271 Å². The molecule has 4 aliphatic carbocycles. The van der Waals surface area contributed by atoms with Gasteiger partial charge in [0.1, 0.15) is 0 Å². The van der Waals surface area contributed by atoms with Crippen molar-refractivity contribution >= 4 is 11.3 Å². The number of hydrogen-bond donors (Lipinski definition) is 0. The molecule has 230 valence electrons. The van der Waals surface area contributed by atoms with Gasteiger partial charge >= 0.3 is 0 Å². The molecule has 0 aromatic heterocycles. The highest BCUT2D eigenvalue weighted by Gasteiger charge is 2.44. The Morgan fingerprint density at radius 3 is 2.31 bits per heavy atom.